The molecule has 8 heteroatoms. The zero-order valence-electron chi connectivity index (χ0n) is 13.0. The molecule has 0 unspecified atom stereocenters. The third kappa shape index (κ3) is 4.52. The molecule has 1 N–H and O–H groups in total. The van der Waals surface area contributed by atoms with Crippen LogP contribution in [0.3, 0.4) is 0 Å². The van der Waals surface area contributed by atoms with E-state index in [0.717, 1.165) is 27.0 Å². The molecule has 2 aromatic carbocycles. The van der Waals surface area contributed by atoms with Gasteiger partial charge in [-0.3, -0.25) is 5.43 Å². The molecular formula is C17H12BrCl2N3OS. The minimum absolute atomic E-state index is 0.562. The molecule has 0 bridgehead atoms. The second kappa shape index (κ2) is 8.19. The van der Waals surface area contributed by atoms with E-state index in [-0.39, 0.29) is 0 Å². The van der Waals surface area contributed by atoms with E-state index in [1.807, 2.05) is 29.6 Å². The van der Waals surface area contributed by atoms with Crippen LogP contribution in [0.1, 0.15) is 5.56 Å². The highest BCUT2D eigenvalue weighted by atomic mass is 79.9. The molecule has 0 aliphatic carbocycles. The van der Waals surface area contributed by atoms with Crippen LogP contribution < -0.4 is 10.2 Å². The Morgan fingerprint density at radius 3 is 2.84 bits per heavy atom. The van der Waals surface area contributed by atoms with Crippen molar-refractivity contribution >= 4 is 61.8 Å². The van der Waals surface area contributed by atoms with Gasteiger partial charge in [0.25, 0.3) is 0 Å². The number of halogens is 3. The monoisotopic (exact) mass is 455 g/mol. The first-order chi connectivity index (χ1) is 12.1. The van der Waals surface area contributed by atoms with Crippen LogP contribution in [0.25, 0.3) is 11.3 Å². The minimum atomic E-state index is 0.562. The van der Waals surface area contributed by atoms with Gasteiger partial charge in [0.1, 0.15) is 5.75 Å². The van der Waals surface area contributed by atoms with Crippen LogP contribution in [0.4, 0.5) is 5.13 Å². The van der Waals surface area contributed by atoms with Crippen molar-refractivity contribution in [1.29, 1.82) is 0 Å². The van der Waals surface area contributed by atoms with Gasteiger partial charge in [-0.15, -0.1) is 11.3 Å². The fourth-order valence-corrected chi connectivity index (χ4v) is 3.65. The van der Waals surface area contributed by atoms with Gasteiger partial charge in [-0.25, -0.2) is 4.98 Å². The Morgan fingerprint density at radius 2 is 2.08 bits per heavy atom. The molecule has 0 saturated carbocycles. The first-order valence-electron chi connectivity index (χ1n) is 7.10. The molecule has 0 spiro atoms. The molecule has 0 radical (unpaired) electrons. The van der Waals surface area contributed by atoms with E-state index in [1.165, 1.54) is 11.3 Å². The average Bonchev–Trinajstić information content (AvgIpc) is 3.03. The third-order valence-corrected chi connectivity index (χ3v) is 5.05. The number of hydrazone groups is 1. The number of rotatable bonds is 5. The topological polar surface area (TPSA) is 46.5 Å². The Hall–Kier alpha value is -1.60. The van der Waals surface area contributed by atoms with Gasteiger partial charge in [0, 0.05) is 26.0 Å². The summed E-state index contributed by atoms with van der Waals surface area (Å²) in [6, 6.07) is 11.0. The van der Waals surface area contributed by atoms with Crippen LogP contribution in [0.2, 0.25) is 10.0 Å². The van der Waals surface area contributed by atoms with Crippen LogP contribution in [-0.4, -0.2) is 18.3 Å². The van der Waals surface area contributed by atoms with Crippen LogP contribution in [0.5, 0.6) is 5.75 Å². The molecule has 128 valence electrons. The zero-order chi connectivity index (χ0) is 17.8. The highest BCUT2D eigenvalue weighted by molar-refractivity contribution is 9.10. The molecule has 3 aromatic rings. The van der Waals surface area contributed by atoms with E-state index in [9.17, 15) is 0 Å². The van der Waals surface area contributed by atoms with Crippen LogP contribution in [0, 0.1) is 0 Å². The van der Waals surface area contributed by atoms with Gasteiger partial charge in [-0.2, -0.15) is 5.10 Å². The van der Waals surface area contributed by atoms with Crippen molar-refractivity contribution in [3.8, 4) is 17.0 Å². The number of thiazole rings is 1. The fourth-order valence-electron chi connectivity index (χ4n) is 2.11. The highest BCUT2D eigenvalue weighted by Gasteiger charge is 2.08. The molecule has 0 aliphatic heterocycles. The van der Waals surface area contributed by atoms with Gasteiger partial charge in [0.15, 0.2) is 0 Å². The van der Waals surface area contributed by atoms with E-state index in [1.54, 1.807) is 25.5 Å². The molecule has 25 heavy (non-hydrogen) atoms. The average molecular weight is 457 g/mol. The molecule has 4 nitrogen and oxygen atoms in total. The largest absolute Gasteiger partial charge is 0.496 e. The van der Waals surface area contributed by atoms with E-state index in [4.69, 9.17) is 27.9 Å². The maximum Gasteiger partial charge on any atom is 0.203 e. The summed E-state index contributed by atoms with van der Waals surface area (Å²) in [5.41, 5.74) is 5.37. The van der Waals surface area contributed by atoms with E-state index >= 15 is 0 Å². The van der Waals surface area contributed by atoms with E-state index in [0.29, 0.717) is 15.2 Å². The normalized spacial score (nSPS) is 11.0. The van der Waals surface area contributed by atoms with Gasteiger partial charge >= 0.3 is 0 Å². The van der Waals surface area contributed by atoms with Gasteiger partial charge in [-0.1, -0.05) is 39.1 Å². The SMILES string of the molecule is COc1ccc(Br)cc1/C=N/Nc1nc(-c2ccc(Cl)cc2Cl)cs1. The number of ether oxygens (including phenoxy) is 1. The summed E-state index contributed by atoms with van der Waals surface area (Å²) in [4.78, 5) is 4.49. The first kappa shape index (κ1) is 18.2. The van der Waals surface area contributed by atoms with E-state index < -0.39 is 0 Å². The molecule has 0 saturated heterocycles. The van der Waals surface area contributed by atoms with Crippen LogP contribution in [-0.2, 0) is 0 Å². The lowest BCUT2D eigenvalue weighted by molar-refractivity contribution is 0.414. The van der Waals surface area contributed by atoms with Crippen molar-refractivity contribution in [2.45, 2.75) is 0 Å². The van der Waals surface area contributed by atoms with Crippen molar-refractivity contribution in [1.82, 2.24) is 4.98 Å². The number of hydrogen-bond donors (Lipinski definition) is 1. The smallest absolute Gasteiger partial charge is 0.203 e. The summed E-state index contributed by atoms with van der Waals surface area (Å²) in [5, 5.41) is 7.95. The number of nitrogens with one attached hydrogen (secondary N) is 1. The Labute approximate surface area is 167 Å². The quantitative estimate of drug-likeness (QED) is 0.360. The first-order valence-corrected chi connectivity index (χ1v) is 9.53. The lowest BCUT2D eigenvalue weighted by Crippen LogP contribution is -1.94. The number of anilines is 1. The van der Waals surface area contributed by atoms with Crippen LogP contribution >= 0.6 is 50.5 Å². The van der Waals surface area contributed by atoms with Crippen molar-refractivity contribution in [2.75, 3.05) is 12.5 Å². The van der Waals surface area contributed by atoms with Gasteiger partial charge in [0.05, 0.1) is 24.0 Å². The summed E-state index contributed by atoms with van der Waals surface area (Å²) in [6.07, 6.45) is 1.68. The molecule has 1 aromatic heterocycles. The summed E-state index contributed by atoms with van der Waals surface area (Å²) in [7, 11) is 1.62. The lowest BCUT2D eigenvalue weighted by atomic mass is 10.2. The maximum atomic E-state index is 6.22. The summed E-state index contributed by atoms with van der Waals surface area (Å²) in [5.74, 6) is 0.738. The van der Waals surface area contributed by atoms with Gasteiger partial charge in [-0.05, 0) is 36.4 Å². The second-order valence-corrected chi connectivity index (χ2v) is 7.54. The second-order valence-electron chi connectivity index (χ2n) is 4.92. The number of hydrogen-bond acceptors (Lipinski definition) is 5. The molecule has 1 heterocycles. The Morgan fingerprint density at radius 1 is 1.24 bits per heavy atom. The summed E-state index contributed by atoms with van der Waals surface area (Å²) in [6.45, 7) is 0. The van der Waals surface area contributed by atoms with Crippen molar-refractivity contribution < 1.29 is 4.74 Å². The van der Waals surface area contributed by atoms with Gasteiger partial charge < -0.3 is 4.74 Å². The van der Waals surface area contributed by atoms with Crippen LogP contribution in [0.15, 0.2) is 51.4 Å². The Kier molecular flexibility index (Phi) is 5.96. The summed E-state index contributed by atoms with van der Waals surface area (Å²) >= 11 is 17.0. The molecule has 0 atom stereocenters. The molecule has 0 amide bonds. The number of aromatic nitrogens is 1. The predicted octanol–water partition coefficient (Wildman–Crippen LogP) is 6.33. The van der Waals surface area contributed by atoms with Crippen molar-refractivity contribution in [3.05, 3.63) is 61.9 Å². The molecule has 0 fully saturated rings. The third-order valence-electron chi connectivity index (χ3n) is 3.27. The lowest BCUT2D eigenvalue weighted by Gasteiger charge is -2.04. The molecule has 0 aliphatic rings. The zero-order valence-corrected chi connectivity index (χ0v) is 16.9. The maximum absolute atomic E-state index is 6.22. The highest BCUT2D eigenvalue weighted by Crippen LogP contribution is 2.32. The number of nitrogens with zero attached hydrogens (tertiary/aromatic N) is 2. The Balaban J connectivity index is 1.75. The van der Waals surface area contributed by atoms with Crippen molar-refractivity contribution in [2.24, 2.45) is 5.10 Å². The van der Waals surface area contributed by atoms with Gasteiger partial charge in [0.2, 0.25) is 5.13 Å². The fraction of sp³-hybridized carbons (Fsp3) is 0.0588. The predicted molar refractivity (Wildman–Crippen MR) is 109 cm³/mol. The number of methoxy groups -OCH3 is 1. The summed E-state index contributed by atoms with van der Waals surface area (Å²) < 4.78 is 6.26. The van der Waals surface area contributed by atoms with Crippen molar-refractivity contribution in [3.63, 3.8) is 0 Å². The van der Waals surface area contributed by atoms with E-state index in [2.05, 4.69) is 31.4 Å². The minimum Gasteiger partial charge on any atom is -0.496 e. The Bertz CT molecular complexity index is 930. The molecular weight excluding hydrogens is 445 g/mol. The standard InChI is InChI=1S/C17H12BrCl2N3OS/c1-24-16-5-2-11(18)6-10(16)8-21-23-17-22-15(9-25-17)13-4-3-12(19)7-14(13)20/h2-9H,1H3,(H,22,23)/b21-8+. The number of benzene rings is 2. The molecule has 3 rings (SSSR count).